The van der Waals surface area contributed by atoms with Gasteiger partial charge in [-0.1, -0.05) is 0 Å². The minimum Gasteiger partial charge on any atom is -0.478 e. The molecule has 3 aromatic heterocycles. The van der Waals surface area contributed by atoms with E-state index in [1.54, 1.807) is 18.1 Å². The van der Waals surface area contributed by atoms with Gasteiger partial charge in [-0.2, -0.15) is 0 Å². The molecule has 0 aliphatic rings. The highest BCUT2D eigenvalue weighted by Crippen LogP contribution is 2.27. The molecule has 3 heterocycles. The number of aliphatic hydroxyl groups excluding tert-OH is 1. The molecule has 0 spiro atoms. The molecular weight excluding hydrogens is 354 g/mol. The molecule has 0 fully saturated rings. The summed E-state index contributed by atoms with van der Waals surface area (Å²) in [5.41, 5.74) is 2.08. The van der Waals surface area contributed by atoms with Gasteiger partial charge in [-0.3, -0.25) is 4.68 Å². The monoisotopic (exact) mass is 377 g/mol. The van der Waals surface area contributed by atoms with Crippen molar-refractivity contribution in [1.29, 1.82) is 0 Å². The maximum absolute atomic E-state index is 8.63. The van der Waals surface area contributed by atoms with Crippen LogP contribution in [-0.2, 0) is 23.1 Å². The minimum atomic E-state index is 0.0139. The second-order valence-corrected chi connectivity index (χ2v) is 5.64. The number of nitrogens with zero attached hydrogens (tertiary/aromatic N) is 6. The number of fused-ring (bicyclic) bond motifs is 1. The lowest BCUT2D eigenvalue weighted by molar-refractivity contribution is 0.0303. The van der Waals surface area contributed by atoms with Crippen molar-refractivity contribution < 1.29 is 19.3 Å². The molecule has 146 valence electrons. The molecule has 3 rings (SSSR count). The van der Waals surface area contributed by atoms with Crippen LogP contribution in [0.25, 0.3) is 11.2 Å². The van der Waals surface area contributed by atoms with E-state index in [1.807, 2.05) is 17.8 Å². The molecule has 3 aromatic rings. The van der Waals surface area contributed by atoms with Crippen LogP contribution >= 0.6 is 0 Å². The van der Waals surface area contributed by atoms with Gasteiger partial charge in [0, 0.05) is 7.05 Å². The van der Waals surface area contributed by atoms with Gasteiger partial charge in [0.05, 0.1) is 59.2 Å². The Hall–Kier alpha value is -2.76. The largest absolute Gasteiger partial charge is 0.478 e. The summed E-state index contributed by atoms with van der Waals surface area (Å²) >= 11 is 0. The van der Waals surface area contributed by atoms with Crippen molar-refractivity contribution in [3.63, 3.8) is 0 Å². The molecule has 27 heavy (non-hydrogen) atoms. The molecule has 0 atom stereocenters. The Morgan fingerprint density at radius 2 is 1.93 bits per heavy atom. The second-order valence-electron chi connectivity index (χ2n) is 5.64. The molecule has 0 saturated carbocycles. The van der Waals surface area contributed by atoms with Gasteiger partial charge in [-0.25, -0.2) is 15.0 Å². The number of anilines is 2. The molecule has 0 aliphatic carbocycles. The number of imidazole rings is 1. The second kappa shape index (κ2) is 9.26. The first kappa shape index (κ1) is 19.0. The quantitative estimate of drug-likeness (QED) is 0.455. The molecular formula is C16H23N7O4. The van der Waals surface area contributed by atoms with E-state index in [2.05, 4.69) is 25.4 Å². The van der Waals surface area contributed by atoms with Crippen LogP contribution in [0.4, 0.5) is 11.5 Å². The average molecular weight is 377 g/mol. The number of aliphatic hydroxyl groups is 1. The van der Waals surface area contributed by atoms with E-state index >= 15 is 0 Å². The number of aryl methyl sites for hydroxylation is 1. The van der Waals surface area contributed by atoms with Crippen LogP contribution in [0.15, 0.2) is 18.9 Å². The summed E-state index contributed by atoms with van der Waals surface area (Å²) in [6.07, 6.45) is 4.99. The number of rotatable bonds is 11. The third-order valence-electron chi connectivity index (χ3n) is 3.74. The third-order valence-corrected chi connectivity index (χ3v) is 3.74. The normalized spacial score (nSPS) is 11.2. The van der Waals surface area contributed by atoms with Crippen LogP contribution in [-0.4, -0.2) is 74.6 Å². The number of hydrogen-bond donors (Lipinski definition) is 2. The van der Waals surface area contributed by atoms with E-state index in [0.29, 0.717) is 55.9 Å². The lowest BCUT2D eigenvalue weighted by Gasteiger charge is -2.05. The standard InChI is InChI=1S/C16H23N7O4/c1-22-11-19-13-14(17-10-18-15(13)22)20-12-9-23(21-16(12)25-2)3-5-26-7-8-27-6-4-24/h9-11,24H,3-8H2,1-2H3,(H,17,18,20). The Morgan fingerprint density at radius 3 is 2.70 bits per heavy atom. The zero-order valence-corrected chi connectivity index (χ0v) is 15.3. The number of methoxy groups -OCH3 is 1. The van der Waals surface area contributed by atoms with Crippen molar-refractivity contribution in [1.82, 2.24) is 29.3 Å². The van der Waals surface area contributed by atoms with E-state index in [0.717, 1.165) is 5.65 Å². The van der Waals surface area contributed by atoms with Crippen LogP contribution < -0.4 is 10.1 Å². The van der Waals surface area contributed by atoms with E-state index in [-0.39, 0.29) is 6.61 Å². The first-order valence-corrected chi connectivity index (χ1v) is 8.49. The zero-order valence-electron chi connectivity index (χ0n) is 15.3. The Labute approximate surface area is 155 Å². The van der Waals surface area contributed by atoms with Gasteiger partial charge in [0.2, 0.25) is 0 Å². The summed E-state index contributed by atoms with van der Waals surface area (Å²) in [5, 5.41) is 16.2. The smallest absolute Gasteiger partial charge is 0.256 e. The molecule has 2 N–H and O–H groups in total. The van der Waals surface area contributed by atoms with Gasteiger partial charge < -0.3 is 29.2 Å². The number of ether oxygens (including phenoxy) is 3. The average Bonchev–Trinajstić information content (AvgIpc) is 3.25. The van der Waals surface area contributed by atoms with Crippen LogP contribution in [0.5, 0.6) is 5.88 Å². The molecule has 0 amide bonds. The summed E-state index contributed by atoms with van der Waals surface area (Å²) in [5.74, 6) is 1.03. The van der Waals surface area contributed by atoms with E-state index < -0.39 is 0 Å². The maximum atomic E-state index is 8.63. The highest BCUT2D eigenvalue weighted by Gasteiger charge is 2.14. The third kappa shape index (κ3) is 4.70. The predicted octanol–water partition coefficient (Wildman–Crippen LogP) is 0.337. The Bertz CT molecular complexity index is 864. The van der Waals surface area contributed by atoms with Gasteiger partial charge in [0.15, 0.2) is 17.0 Å². The summed E-state index contributed by atoms with van der Waals surface area (Å²) in [6, 6.07) is 0. The number of aromatic nitrogens is 6. The van der Waals surface area contributed by atoms with Crippen molar-refractivity contribution >= 4 is 22.7 Å². The van der Waals surface area contributed by atoms with E-state index in [9.17, 15) is 0 Å². The summed E-state index contributed by atoms with van der Waals surface area (Å²) in [7, 11) is 3.43. The SMILES string of the molecule is COc1nn(CCOCCOCCO)cc1Nc1ncnc2c1ncn2C. The van der Waals surface area contributed by atoms with E-state index in [4.69, 9.17) is 19.3 Å². The summed E-state index contributed by atoms with van der Waals surface area (Å²) in [6.45, 7) is 2.28. The topological polar surface area (TPSA) is 121 Å². The molecule has 11 nitrogen and oxygen atoms in total. The first-order chi connectivity index (χ1) is 13.2. The highest BCUT2D eigenvalue weighted by atomic mass is 16.5. The van der Waals surface area contributed by atoms with Crippen LogP contribution in [0, 0.1) is 0 Å². The molecule has 0 radical (unpaired) electrons. The Balaban J connectivity index is 1.61. The van der Waals surface area contributed by atoms with Gasteiger partial charge in [0.1, 0.15) is 12.0 Å². The summed E-state index contributed by atoms with van der Waals surface area (Å²) in [4.78, 5) is 12.8. The minimum absolute atomic E-state index is 0.0139. The Kier molecular flexibility index (Phi) is 6.52. The number of nitrogens with one attached hydrogen (secondary N) is 1. The maximum Gasteiger partial charge on any atom is 0.256 e. The van der Waals surface area contributed by atoms with Gasteiger partial charge in [0.25, 0.3) is 5.88 Å². The molecule has 11 heteroatoms. The van der Waals surface area contributed by atoms with Crippen molar-refractivity contribution in [2.75, 3.05) is 45.5 Å². The van der Waals surface area contributed by atoms with Crippen molar-refractivity contribution in [3.05, 3.63) is 18.9 Å². The fraction of sp³-hybridized carbons (Fsp3) is 0.500. The lowest BCUT2D eigenvalue weighted by atomic mass is 10.4. The Morgan fingerprint density at radius 1 is 1.11 bits per heavy atom. The van der Waals surface area contributed by atoms with Gasteiger partial charge in [-0.15, -0.1) is 5.10 Å². The van der Waals surface area contributed by atoms with Gasteiger partial charge in [-0.05, 0) is 0 Å². The van der Waals surface area contributed by atoms with Crippen molar-refractivity contribution in [2.24, 2.45) is 7.05 Å². The summed E-state index contributed by atoms with van der Waals surface area (Å²) < 4.78 is 19.5. The van der Waals surface area contributed by atoms with Crippen LogP contribution in [0.3, 0.4) is 0 Å². The molecule has 0 aromatic carbocycles. The van der Waals surface area contributed by atoms with Gasteiger partial charge >= 0.3 is 0 Å². The lowest BCUT2D eigenvalue weighted by Crippen LogP contribution is -2.11. The van der Waals surface area contributed by atoms with Crippen LogP contribution in [0.1, 0.15) is 0 Å². The molecule has 0 aliphatic heterocycles. The highest BCUT2D eigenvalue weighted by molar-refractivity contribution is 5.85. The molecule has 0 saturated heterocycles. The van der Waals surface area contributed by atoms with E-state index in [1.165, 1.54) is 6.33 Å². The van der Waals surface area contributed by atoms with Crippen molar-refractivity contribution in [3.8, 4) is 5.88 Å². The molecule has 0 unspecified atom stereocenters. The number of hydrogen-bond acceptors (Lipinski definition) is 9. The molecule has 0 bridgehead atoms. The predicted molar refractivity (Wildman–Crippen MR) is 97.1 cm³/mol. The fourth-order valence-corrected chi connectivity index (χ4v) is 2.46. The van der Waals surface area contributed by atoms with Crippen molar-refractivity contribution in [2.45, 2.75) is 6.54 Å². The first-order valence-electron chi connectivity index (χ1n) is 8.49. The van der Waals surface area contributed by atoms with Crippen LogP contribution in [0.2, 0.25) is 0 Å². The zero-order chi connectivity index (χ0) is 19.1. The fourth-order valence-electron chi connectivity index (χ4n) is 2.46.